The molecule has 0 aliphatic carbocycles. The zero-order chi connectivity index (χ0) is 15.7. The lowest BCUT2D eigenvalue weighted by Crippen LogP contribution is -2.32. The van der Waals surface area contributed by atoms with Gasteiger partial charge >= 0.3 is 17.9 Å². The molecule has 1 aromatic heterocycles. The molecule has 10 heteroatoms. The zero-order valence-electron chi connectivity index (χ0n) is 10.3. The number of nitrogens with zero attached hydrogens (tertiary/aromatic N) is 1. The summed E-state index contributed by atoms with van der Waals surface area (Å²) in [7, 11) is 0. The van der Waals surface area contributed by atoms with Crippen molar-refractivity contribution < 1.29 is 34.8 Å². The minimum atomic E-state index is -1.79. The first kappa shape index (κ1) is 17.5. The summed E-state index contributed by atoms with van der Waals surface area (Å²) in [5, 5.41) is 32.6. The van der Waals surface area contributed by atoms with Gasteiger partial charge in [-0.3, -0.25) is 9.59 Å². The van der Waals surface area contributed by atoms with Gasteiger partial charge in [0.2, 0.25) is 0 Å². The van der Waals surface area contributed by atoms with Crippen molar-refractivity contribution in [2.24, 2.45) is 5.73 Å². The molecule has 1 rings (SSSR count). The Bertz CT molecular complexity index is 446. The maximum absolute atomic E-state index is 10.3. The van der Waals surface area contributed by atoms with Crippen molar-refractivity contribution >= 4 is 17.9 Å². The quantitative estimate of drug-likeness (QED) is 0.353. The number of nitrogens with two attached hydrogens (primary N) is 1. The minimum Gasteiger partial charge on any atom is -0.481 e. The summed E-state index contributed by atoms with van der Waals surface area (Å²) < 4.78 is 0. The van der Waals surface area contributed by atoms with Crippen molar-refractivity contribution in [2.45, 2.75) is 25.0 Å². The van der Waals surface area contributed by atoms with E-state index in [0.29, 0.717) is 0 Å². The molecule has 1 heterocycles. The average molecular weight is 289 g/mol. The highest BCUT2D eigenvalue weighted by Crippen LogP contribution is 1.95. The number of H-pyrrole nitrogens is 1. The van der Waals surface area contributed by atoms with Gasteiger partial charge in [0.15, 0.2) is 6.10 Å². The number of aliphatic carboxylic acids is 3. The molecule has 0 amide bonds. The van der Waals surface area contributed by atoms with Crippen LogP contribution in [-0.4, -0.2) is 60.4 Å². The van der Waals surface area contributed by atoms with Gasteiger partial charge in [0.1, 0.15) is 6.04 Å². The predicted molar refractivity (Wildman–Crippen MR) is 63.8 cm³/mol. The highest BCUT2D eigenvalue weighted by molar-refractivity contribution is 5.79. The molecule has 10 nitrogen and oxygen atoms in total. The molecule has 0 fully saturated rings. The van der Waals surface area contributed by atoms with Gasteiger partial charge < -0.3 is 31.1 Å². The van der Waals surface area contributed by atoms with Crippen LogP contribution in [0.5, 0.6) is 0 Å². The van der Waals surface area contributed by atoms with Gasteiger partial charge in [-0.2, -0.15) is 0 Å². The van der Waals surface area contributed by atoms with Crippen molar-refractivity contribution in [2.75, 3.05) is 0 Å². The summed E-state index contributed by atoms with van der Waals surface area (Å²) in [6.07, 6.45) is 0.791. The Hall–Kier alpha value is -2.46. The number of aromatic nitrogens is 2. The van der Waals surface area contributed by atoms with Crippen LogP contribution in [-0.2, 0) is 20.8 Å². The Morgan fingerprint density at radius 3 is 2.15 bits per heavy atom. The van der Waals surface area contributed by atoms with E-state index < -0.39 is 36.5 Å². The van der Waals surface area contributed by atoms with E-state index in [1.54, 1.807) is 6.20 Å². The van der Waals surface area contributed by atoms with E-state index in [9.17, 15) is 14.4 Å². The van der Waals surface area contributed by atoms with Gasteiger partial charge in [-0.1, -0.05) is 0 Å². The first-order chi connectivity index (χ1) is 9.23. The molecule has 0 unspecified atom stereocenters. The second-order valence-electron chi connectivity index (χ2n) is 3.68. The van der Waals surface area contributed by atoms with Crippen LogP contribution in [0.3, 0.4) is 0 Å². The lowest BCUT2D eigenvalue weighted by atomic mass is 10.2. The number of nitrogens with one attached hydrogen (secondary N) is 1. The van der Waals surface area contributed by atoms with Crippen LogP contribution >= 0.6 is 0 Å². The molecule has 20 heavy (non-hydrogen) atoms. The third-order valence-electron chi connectivity index (χ3n) is 1.96. The number of imidazole rings is 1. The number of aromatic amines is 1. The first-order valence-corrected chi connectivity index (χ1v) is 5.32. The van der Waals surface area contributed by atoms with E-state index in [-0.39, 0.29) is 6.42 Å². The highest BCUT2D eigenvalue weighted by atomic mass is 16.4. The molecule has 0 aliphatic rings. The van der Waals surface area contributed by atoms with Crippen molar-refractivity contribution in [3.63, 3.8) is 0 Å². The first-order valence-electron chi connectivity index (χ1n) is 5.32. The topological polar surface area (TPSA) is 187 Å². The van der Waals surface area contributed by atoms with Crippen molar-refractivity contribution in [3.8, 4) is 0 Å². The van der Waals surface area contributed by atoms with Gasteiger partial charge in [0.05, 0.1) is 12.7 Å². The maximum atomic E-state index is 10.3. The monoisotopic (exact) mass is 289 g/mol. The molecule has 1 aromatic rings. The fourth-order valence-corrected chi connectivity index (χ4v) is 0.973. The molecule has 0 radical (unpaired) electrons. The maximum Gasteiger partial charge on any atom is 0.333 e. The molecular weight excluding hydrogens is 274 g/mol. The molecule has 0 aromatic carbocycles. The van der Waals surface area contributed by atoms with Crippen LogP contribution in [0.4, 0.5) is 0 Å². The number of carboxylic acids is 3. The Labute approximate surface area is 112 Å². The fraction of sp³-hybridized carbons (Fsp3) is 0.400. The smallest absolute Gasteiger partial charge is 0.333 e. The van der Waals surface area contributed by atoms with Crippen LogP contribution in [0.1, 0.15) is 12.1 Å². The molecule has 0 saturated carbocycles. The second kappa shape index (κ2) is 8.61. The van der Waals surface area contributed by atoms with E-state index in [2.05, 4.69) is 9.97 Å². The standard InChI is InChI=1S/C6H9N3O2.C4H6O5/c7-5(6(10)11)1-4-2-8-3-9-4;5-2(4(8)9)1-3(6)7/h2-3,5H,1,7H2,(H,8,9)(H,10,11);2,5H,1H2,(H,6,7)(H,8,9)/t5-;2-/m00/s1. The second-order valence-corrected chi connectivity index (χ2v) is 3.68. The van der Waals surface area contributed by atoms with Crippen LogP contribution in [0, 0.1) is 0 Å². The zero-order valence-corrected chi connectivity index (χ0v) is 10.3. The van der Waals surface area contributed by atoms with Crippen LogP contribution < -0.4 is 5.73 Å². The van der Waals surface area contributed by atoms with Crippen molar-refractivity contribution in [1.82, 2.24) is 9.97 Å². The van der Waals surface area contributed by atoms with Crippen molar-refractivity contribution in [3.05, 3.63) is 18.2 Å². The number of hydrogen-bond donors (Lipinski definition) is 6. The van der Waals surface area contributed by atoms with E-state index in [1.165, 1.54) is 6.33 Å². The van der Waals surface area contributed by atoms with Gasteiger partial charge in [-0.15, -0.1) is 0 Å². The molecule has 112 valence electrons. The summed E-state index contributed by atoms with van der Waals surface area (Å²) in [5.74, 6) is -3.85. The van der Waals surface area contributed by atoms with E-state index in [1.807, 2.05) is 0 Å². The fourth-order valence-electron chi connectivity index (χ4n) is 0.973. The molecule has 0 saturated heterocycles. The third kappa shape index (κ3) is 7.79. The summed E-state index contributed by atoms with van der Waals surface area (Å²) in [6.45, 7) is 0. The summed E-state index contributed by atoms with van der Waals surface area (Å²) in [5.41, 5.74) is 6.00. The largest absolute Gasteiger partial charge is 0.481 e. The Morgan fingerprint density at radius 2 is 1.85 bits per heavy atom. The van der Waals surface area contributed by atoms with E-state index in [4.69, 9.17) is 26.2 Å². The molecule has 7 N–H and O–H groups in total. The predicted octanol–water partition coefficient (Wildman–Crippen LogP) is -1.73. The normalized spacial score (nSPS) is 12.7. The number of carbonyl (C=O) groups is 3. The number of aliphatic hydroxyl groups is 1. The van der Waals surface area contributed by atoms with E-state index in [0.717, 1.165) is 5.69 Å². The minimum absolute atomic E-state index is 0.287. The van der Waals surface area contributed by atoms with Gasteiger partial charge in [0, 0.05) is 18.3 Å². The number of hydrogen-bond acceptors (Lipinski definition) is 6. The van der Waals surface area contributed by atoms with Gasteiger partial charge in [-0.05, 0) is 0 Å². The summed E-state index contributed by atoms with van der Waals surface area (Å²) >= 11 is 0. The Kier molecular flexibility index (Phi) is 7.55. The highest BCUT2D eigenvalue weighted by Gasteiger charge is 2.16. The lowest BCUT2D eigenvalue weighted by Gasteiger charge is -2.02. The number of rotatable bonds is 6. The Morgan fingerprint density at radius 1 is 1.25 bits per heavy atom. The molecular formula is C10H15N3O7. The average Bonchev–Trinajstić information content (AvgIpc) is 2.81. The van der Waals surface area contributed by atoms with Gasteiger partial charge in [0.25, 0.3) is 0 Å². The molecule has 2 atom stereocenters. The number of aliphatic hydroxyl groups excluding tert-OH is 1. The van der Waals surface area contributed by atoms with Crippen LogP contribution in [0.25, 0.3) is 0 Å². The molecule has 0 bridgehead atoms. The summed E-state index contributed by atoms with van der Waals surface area (Å²) in [4.78, 5) is 36.2. The SMILES string of the molecule is N[C@@H](Cc1cnc[nH]1)C(=O)O.O=C(O)C[C@H](O)C(=O)O. The third-order valence-corrected chi connectivity index (χ3v) is 1.96. The van der Waals surface area contributed by atoms with Crippen molar-refractivity contribution in [1.29, 1.82) is 0 Å². The molecule has 0 spiro atoms. The van der Waals surface area contributed by atoms with E-state index >= 15 is 0 Å². The van der Waals surface area contributed by atoms with Gasteiger partial charge in [-0.25, -0.2) is 9.78 Å². The van der Waals surface area contributed by atoms with Crippen LogP contribution in [0.15, 0.2) is 12.5 Å². The number of carboxylic acid groups (broad SMARTS) is 3. The summed E-state index contributed by atoms with van der Waals surface area (Å²) in [6, 6.07) is -0.851. The Balaban J connectivity index is 0.000000370. The molecule has 0 aliphatic heterocycles. The van der Waals surface area contributed by atoms with Crippen LogP contribution in [0.2, 0.25) is 0 Å². The lowest BCUT2D eigenvalue weighted by molar-refractivity contribution is -0.152.